The number of pyridine rings is 1. The Balaban J connectivity index is 1.64. The number of esters is 1. The molecule has 7 nitrogen and oxygen atoms in total. The molecular weight excluding hydrogens is 298 g/mol. The van der Waals surface area contributed by atoms with Crippen LogP contribution in [0.3, 0.4) is 0 Å². The number of hydrogen-bond donors (Lipinski definition) is 0. The molecule has 0 aliphatic rings. The van der Waals surface area contributed by atoms with Crippen molar-refractivity contribution in [2.24, 2.45) is 0 Å². The van der Waals surface area contributed by atoms with E-state index in [0.29, 0.717) is 5.82 Å². The van der Waals surface area contributed by atoms with Crippen LogP contribution in [0, 0.1) is 0 Å². The van der Waals surface area contributed by atoms with Gasteiger partial charge >= 0.3 is 5.97 Å². The highest BCUT2D eigenvalue weighted by Gasteiger charge is 2.13. The number of carbonyl (C=O) groups is 1. The van der Waals surface area contributed by atoms with Crippen molar-refractivity contribution < 1.29 is 18.8 Å². The second-order valence-corrected chi connectivity index (χ2v) is 4.53. The molecule has 0 saturated carbocycles. The average Bonchev–Trinajstić information content (AvgIpc) is 3.09. The first-order chi connectivity index (χ1) is 11.3. The fourth-order valence-electron chi connectivity index (χ4n) is 1.86. The Morgan fingerprint density at radius 2 is 2.00 bits per heavy atom. The van der Waals surface area contributed by atoms with Crippen molar-refractivity contribution in [1.82, 2.24) is 15.1 Å². The highest BCUT2D eigenvalue weighted by Crippen LogP contribution is 2.19. The van der Waals surface area contributed by atoms with E-state index in [1.165, 1.54) is 6.20 Å². The molecule has 0 saturated heterocycles. The van der Waals surface area contributed by atoms with Gasteiger partial charge in [0.15, 0.2) is 6.61 Å². The molecular formula is C16H13N3O4. The summed E-state index contributed by atoms with van der Waals surface area (Å²) in [5.41, 5.74) is 0.999. The van der Waals surface area contributed by atoms with Crippen LogP contribution in [0.5, 0.6) is 5.75 Å². The normalized spacial score (nSPS) is 10.3. The lowest BCUT2D eigenvalue weighted by Gasteiger charge is -2.00. The monoisotopic (exact) mass is 311 g/mol. The van der Waals surface area contributed by atoms with Gasteiger partial charge in [0, 0.05) is 11.8 Å². The minimum absolute atomic E-state index is 0.113. The second kappa shape index (κ2) is 6.69. The van der Waals surface area contributed by atoms with E-state index in [4.69, 9.17) is 14.0 Å². The third-order valence-electron chi connectivity index (χ3n) is 3.02. The summed E-state index contributed by atoms with van der Waals surface area (Å²) >= 11 is 0. The first kappa shape index (κ1) is 14.7. The molecule has 3 rings (SSSR count). The van der Waals surface area contributed by atoms with Gasteiger partial charge < -0.3 is 14.0 Å². The number of ether oxygens (including phenoxy) is 2. The maximum absolute atomic E-state index is 11.8. The molecule has 23 heavy (non-hydrogen) atoms. The van der Waals surface area contributed by atoms with E-state index in [2.05, 4.69) is 15.1 Å². The van der Waals surface area contributed by atoms with Gasteiger partial charge in [0.25, 0.3) is 5.89 Å². The third kappa shape index (κ3) is 3.52. The van der Waals surface area contributed by atoms with E-state index in [1.807, 2.05) is 12.1 Å². The number of benzene rings is 1. The second-order valence-electron chi connectivity index (χ2n) is 4.53. The fraction of sp³-hybridized carbons (Fsp3) is 0.125. The van der Waals surface area contributed by atoms with Gasteiger partial charge in [-0.25, -0.2) is 9.78 Å². The maximum Gasteiger partial charge on any atom is 0.357 e. The molecule has 0 bridgehead atoms. The van der Waals surface area contributed by atoms with Crippen LogP contribution in [0.25, 0.3) is 11.4 Å². The Kier molecular flexibility index (Phi) is 4.28. The molecule has 0 aliphatic carbocycles. The van der Waals surface area contributed by atoms with E-state index in [-0.39, 0.29) is 18.2 Å². The van der Waals surface area contributed by atoms with Crippen LogP contribution in [-0.2, 0) is 11.3 Å². The van der Waals surface area contributed by atoms with Gasteiger partial charge in [0.1, 0.15) is 11.4 Å². The van der Waals surface area contributed by atoms with Gasteiger partial charge in [-0.3, -0.25) is 0 Å². The van der Waals surface area contributed by atoms with E-state index in [0.717, 1.165) is 11.3 Å². The summed E-state index contributed by atoms with van der Waals surface area (Å²) in [5.74, 6) is 0.813. The predicted molar refractivity (Wildman–Crippen MR) is 79.6 cm³/mol. The SMILES string of the molecule is COc1ccc(-c2noc(COC(=O)c3ccccn3)n2)cc1. The van der Waals surface area contributed by atoms with Crippen LogP contribution in [-0.4, -0.2) is 28.2 Å². The highest BCUT2D eigenvalue weighted by atomic mass is 16.6. The number of methoxy groups -OCH3 is 1. The van der Waals surface area contributed by atoms with Gasteiger partial charge in [0.2, 0.25) is 5.82 Å². The van der Waals surface area contributed by atoms with Crippen molar-refractivity contribution in [2.75, 3.05) is 7.11 Å². The fourth-order valence-corrected chi connectivity index (χ4v) is 1.86. The van der Waals surface area contributed by atoms with E-state index in [9.17, 15) is 4.79 Å². The molecule has 1 aromatic carbocycles. The summed E-state index contributed by atoms with van der Waals surface area (Å²) in [4.78, 5) is 19.9. The molecule has 2 aromatic heterocycles. The molecule has 3 aromatic rings. The summed E-state index contributed by atoms with van der Waals surface area (Å²) in [5, 5.41) is 3.86. The molecule has 0 N–H and O–H groups in total. The van der Waals surface area contributed by atoms with Gasteiger partial charge in [-0.2, -0.15) is 4.98 Å². The van der Waals surface area contributed by atoms with Crippen LogP contribution in [0.1, 0.15) is 16.4 Å². The molecule has 116 valence electrons. The Labute approximate surface area is 131 Å². The summed E-state index contributed by atoms with van der Waals surface area (Å²) in [6.07, 6.45) is 1.52. The number of carbonyl (C=O) groups excluding carboxylic acids is 1. The number of nitrogens with zero attached hydrogens (tertiary/aromatic N) is 3. The lowest BCUT2D eigenvalue weighted by Crippen LogP contribution is -2.07. The molecule has 0 aliphatic heterocycles. The quantitative estimate of drug-likeness (QED) is 0.669. The standard InChI is InChI=1S/C16H13N3O4/c1-21-12-7-5-11(6-8-12)15-18-14(23-19-15)10-22-16(20)13-4-2-3-9-17-13/h2-9H,10H2,1H3. The average molecular weight is 311 g/mol. The zero-order valence-corrected chi connectivity index (χ0v) is 12.3. The van der Waals surface area contributed by atoms with Crippen molar-refractivity contribution in [3.8, 4) is 17.1 Å². The summed E-state index contributed by atoms with van der Waals surface area (Å²) in [6.45, 7) is -0.113. The Morgan fingerprint density at radius 3 is 2.70 bits per heavy atom. The van der Waals surface area contributed by atoms with Crippen molar-refractivity contribution in [3.63, 3.8) is 0 Å². The van der Waals surface area contributed by atoms with Crippen molar-refractivity contribution in [3.05, 3.63) is 60.2 Å². The molecule has 0 radical (unpaired) electrons. The molecule has 0 spiro atoms. The molecule has 0 unspecified atom stereocenters. The largest absolute Gasteiger partial charge is 0.497 e. The number of rotatable bonds is 5. The lowest BCUT2D eigenvalue weighted by atomic mass is 10.2. The first-order valence-corrected chi connectivity index (χ1v) is 6.81. The molecule has 7 heteroatoms. The van der Waals surface area contributed by atoms with Gasteiger partial charge in [-0.1, -0.05) is 11.2 Å². The Hall–Kier alpha value is -3.22. The Bertz CT molecular complexity index is 785. The van der Waals surface area contributed by atoms with Crippen LogP contribution in [0.4, 0.5) is 0 Å². The molecule has 0 fully saturated rings. The van der Waals surface area contributed by atoms with Crippen LogP contribution in [0.2, 0.25) is 0 Å². The summed E-state index contributed by atoms with van der Waals surface area (Å²) in [6, 6.07) is 12.2. The third-order valence-corrected chi connectivity index (χ3v) is 3.02. The predicted octanol–water partition coefficient (Wildman–Crippen LogP) is 2.50. The van der Waals surface area contributed by atoms with E-state index in [1.54, 1.807) is 37.4 Å². The number of hydrogen-bond acceptors (Lipinski definition) is 7. The van der Waals surface area contributed by atoms with E-state index < -0.39 is 5.97 Å². The van der Waals surface area contributed by atoms with E-state index >= 15 is 0 Å². The van der Waals surface area contributed by atoms with Crippen LogP contribution in [0.15, 0.2) is 53.2 Å². The zero-order valence-electron chi connectivity index (χ0n) is 12.3. The van der Waals surface area contributed by atoms with Gasteiger partial charge in [-0.05, 0) is 36.4 Å². The minimum Gasteiger partial charge on any atom is -0.497 e. The molecule has 0 atom stereocenters. The van der Waals surface area contributed by atoms with Crippen molar-refractivity contribution >= 4 is 5.97 Å². The van der Waals surface area contributed by atoms with Crippen LogP contribution >= 0.6 is 0 Å². The van der Waals surface area contributed by atoms with Crippen LogP contribution < -0.4 is 4.74 Å². The van der Waals surface area contributed by atoms with Gasteiger partial charge in [-0.15, -0.1) is 0 Å². The first-order valence-electron chi connectivity index (χ1n) is 6.81. The topological polar surface area (TPSA) is 87.3 Å². The minimum atomic E-state index is -0.546. The number of aromatic nitrogens is 3. The van der Waals surface area contributed by atoms with Crippen molar-refractivity contribution in [2.45, 2.75) is 6.61 Å². The smallest absolute Gasteiger partial charge is 0.357 e. The summed E-state index contributed by atoms with van der Waals surface area (Å²) in [7, 11) is 1.59. The Morgan fingerprint density at radius 1 is 1.17 bits per heavy atom. The van der Waals surface area contributed by atoms with Gasteiger partial charge in [0.05, 0.1) is 7.11 Å². The highest BCUT2D eigenvalue weighted by molar-refractivity contribution is 5.86. The lowest BCUT2D eigenvalue weighted by molar-refractivity contribution is 0.0423. The molecule has 2 heterocycles. The zero-order chi connectivity index (χ0) is 16.1. The maximum atomic E-state index is 11.8. The molecule has 0 amide bonds. The van der Waals surface area contributed by atoms with Crippen molar-refractivity contribution in [1.29, 1.82) is 0 Å². The summed E-state index contributed by atoms with van der Waals surface area (Å²) < 4.78 is 15.2.